The van der Waals surface area contributed by atoms with Gasteiger partial charge in [-0.25, -0.2) is 0 Å². The SMILES string of the molecule is O=C(COc1cccc(Br)c1)Nc1ccc2[nH]c(=O)c(=O)[nH]c2c1. The van der Waals surface area contributed by atoms with Gasteiger partial charge in [0.2, 0.25) is 0 Å². The maximum atomic E-state index is 12.0. The number of hydrogen-bond acceptors (Lipinski definition) is 4. The summed E-state index contributed by atoms with van der Waals surface area (Å²) in [6, 6.07) is 11.9. The van der Waals surface area contributed by atoms with Crippen molar-refractivity contribution in [1.29, 1.82) is 0 Å². The molecule has 2 aromatic carbocycles. The van der Waals surface area contributed by atoms with Crippen LogP contribution >= 0.6 is 15.9 Å². The van der Waals surface area contributed by atoms with Crippen LogP contribution in [0.25, 0.3) is 11.0 Å². The van der Waals surface area contributed by atoms with E-state index >= 15 is 0 Å². The van der Waals surface area contributed by atoms with Gasteiger partial charge in [-0.05, 0) is 36.4 Å². The highest BCUT2D eigenvalue weighted by Gasteiger charge is 2.06. The van der Waals surface area contributed by atoms with E-state index in [1.54, 1.807) is 36.4 Å². The predicted octanol–water partition coefficient (Wildman–Crippen LogP) is 2.00. The Labute approximate surface area is 143 Å². The molecule has 8 heteroatoms. The van der Waals surface area contributed by atoms with Crippen molar-refractivity contribution in [2.75, 3.05) is 11.9 Å². The van der Waals surface area contributed by atoms with Gasteiger partial charge in [0.25, 0.3) is 5.91 Å². The van der Waals surface area contributed by atoms with Crippen LogP contribution in [0.3, 0.4) is 0 Å². The molecule has 0 atom stereocenters. The van der Waals surface area contributed by atoms with E-state index in [4.69, 9.17) is 4.74 Å². The largest absolute Gasteiger partial charge is 0.484 e. The Balaban J connectivity index is 1.70. The summed E-state index contributed by atoms with van der Waals surface area (Å²) in [6.45, 7) is -0.156. The van der Waals surface area contributed by atoms with Gasteiger partial charge in [0, 0.05) is 10.2 Å². The Bertz CT molecular complexity index is 1030. The molecular formula is C16H12BrN3O4. The van der Waals surface area contributed by atoms with Gasteiger partial charge in [-0.15, -0.1) is 0 Å². The smallest absolute Gasteiger partial charge is 0.314 e. The van der Waals surface area contributed by atoms with Crippen LogP contribution in [0.1, 0.15) is 0 Å². The Kier molecular flexibility index (Phi) is 4.48. The summed E-state index contributed by atoms with van der Waals surface area (Å²) in [4.78, 5) is 39.4. The van der Waals surface area contributed by atoms with Gasteiger partial charge < -0.3 is 20.0 Å². The molecule has 1 heterocycles. The normalized spacial score (nSPS) is 10.5. The average Bonchev–Trinajstić information content (AvgIpc) is 2.54. The summed E-state index contributed by atoms with van der Waals surface area (Å²) in [5.74, 6) is 0.223. The molecule has 0 fully saturated rings. The minimum atomic E-state index is -0.746. The Morgan fingerprint density at radius 2 is 1.79 bits per heavy atom. The number of anilines is 1. The van der Waals surface area contributed by atoms with Gasteiger partial charge in [-0.2, -0.15) is 0 Å². The third kappa shape index (κ3) is 3.72. The quantitative estimate of drug-likeness (QED) is 0.593. The van der Waals surface area contributed by atoms with Gasteiger partial charge in [0.1, 0.15) is 5.75 Å². The number of H-pyrrole nitrogens is 2. The second-order valence-electron chi connectivity index (χ2n) is 4.96. The molecule has 0 spiro atoms. The predicted molar refractivity (Wildman–Crippen MR) is 93.5 cm³/mol. The number of rotatable bonds is 4. The fourth-order valence-corrected chi connectivity index (χ4v) is 2.47. The average molecular weight is 390 g/mol. The van der Waals surface area contributed by atoms with Gasteiger partial charge in [-0.1, -0.05) is 22.0 Å². The van der Waals surface area contributed by atoms with E-state index in [1.807, 2.05) is 6.07 Å². The topological polar surface area (TPSA) is 104 Å². The second-order valence-corrected chi connectivity index (χ2v) is 5.88. The van der Waals surface area contributed by atoms with E-state index in [1.165, 1.54) is 0 Å². The number of fused-ring (bicyclic) bond motifs is 1. The molecule has 24 heavy (non-hydrogen) atoms. The highest BCUT2D eigenvalue weighted by molar-refractivity contribution is 9.10. The third-order valence-corrected chi connectivity index (χ3v) is 3.67. The summed E-state index contributed by atoms with van der Waals surface area (Å²) in [6.07, 6.45) is 0. The van der Waals surface area contributed by atoms with Crippen molar-refractivity contribution >= 4 is 38.6 Å². The first-order valence-electron chi connectivity index (χ1n) is 6.96. The monoisotopic (exact) mass is 389 g/mol. The molecule has 7 nitrogen and oxygen atoms in total. The fraction of sp³-hybridized carbons (Fsp3) is 0.0625. The van der Waals surface area contributed by atoms with Crippen LogP contribution in [0.4, 0.5) is 5.69 Å². The van der Waals surface area contributed by atoms with Crippen molar-refractivity contribution < 1.29 is 9.53 Å². The van der Waals surface area contributed by atoms with Gasteiger partial charge >= 0.3 is 11.1 Å². The number of halogens is 1. The number of carbonyl (C=O) groups is 1. The number of aromatic nitrogens is 2. The molecule has 1 aromatic heterocycles. The molecule has 3 N–H and O–H groups in total. The number of ether oxygens (including phenoxy) is 1. The van der Waals surface area contributed by atoms with E-state index in [-0.39, 0.29) is 12.5 Å². The third-order valence-electron chi connectivity index (χ3n) is 3.17. The molecule has 0 radical (unpaired) electrons. The highest BCUT2D eigenvalue weighted by atomic mass is 79.9. The van der Waals surface area contributed by atoms with Crippen molar-refractivity contribution in [3.63, 3.8) is 0 Å². The summed E-state index contributed by atoms with van der Waals surface area (Å²) < 4.78 is 6.25. The molecule has 0 saturated heterocycles. The molecule has 0 aliphatic rings. The molecular weight excluding hydrogens is 378 g/mol. The van der Waals surface area contributed by atoms with E-state index in [0.29, 0.717) is 22.5 Å². The number of nitrogens with one attached hydrogen (secondary N) is 3. The first kappa shape index (κ1) is 16.0. The van der Waals surface area contributed by atoms with Crippen molar-refractivity contribution in [2.24, 2.45) is 0 Å². The van der Waals surface area contributed by atoms with E-state index in [9.17, 15) is 14.4 Å². The van der Waals surface area contributed by atoms with Gasteiger partial charge in [-0.3, -0.25) is 14.4 Å². The molecule has 122 valence electrons. The summed E-state index contributed by atoms with van der Waals surface area (Å²) in [5.41, 5.74) is -0.0907. The number of carbonyl (C=O) groups excluding carboxylic acids is 1. The highest BCUT2D eigenvalue weighted by Crippen LogP contribution is 2.18. The molecule has 3 rings (SSSR count). The molecule has 0 unspecified atom stereocenters. The first-order valence-corrected chi connectivity index (χ1v) is 7.75. The zero-order chi connectivity index (χ0) is 17.1. The molecule has 0 aliphatic carbocycles. The number of aromatic amines is 2. The summed E-state index contributed by atoms with van der Waals surface area (Å²) >= 11 is 3.32. The minimum absolute atomic E-state index is 0.156. The molecule has 0 bridgehead atoms. The molecule has 1 amide bonds. The Morgan fingerprint density at radius 1 is 1.04 bits per heavy atom. The maximum absolute atomic E-state index is 12.0. The Hall–Kier alpha value is -2.87. The van der Waals surface area contributed by atoms with Crippen LogP contribution in [-0.2, 0) is 4.79 Å². The van der Waals surface area contributed by atoms with Crippen LogP contribution in [0.2, 0.25) is 0 Å². The van der Waals surface area contributed by atoms with Crippen molar-refractivity contribution in [3.05, 3.63) is 67.6 Å². The van der Waals surface area contributed by atoms with Crippen molar-refractivity contribution in [1.82, 2.24) is 9.97 Å². The lowest BCUT2D eigenvalue weighted by atomic mass is 10.2. The first-order chi connectivity index (χ1) is 11.5. The van der Waals surface area contributed by atoms with Crippen LogP contribution in [-0.4, -0.2) is 22.5 Å². The van der Waals surface area contributed by atoms with Crippen LogP contribution < -0.4 is 21.2 Å². The Morgan fingerprint density at radius 3 is 2.54 bits per heavy atom. The van der Waals surface area contributed by atoms with Crippen molar-refractivity contribution in [3.8, 4) is 5.75 Å². The van der Waals surface area contributed by atoms with Gasteiger partial charge in [0.15, 0.2) is 6.61 Å². The number of amides is 1. The van der Waals surface area contributed by atoms with Crippen LogP contribution in [0.5, 0.6) is 5.75 Å². The van der Waals surface area contributed by atoms with Crippen LogP contribution in [0.15, 0.2) is 56.5 Å². The zero-order valence-electron chi connectivity index (χ0n) is 12.3. The van der Waals surface area contributed by atoms with E-state index in [2.05, 4.69) is 31.2 Å². The maximum Gasteiger partial charge on any atom is 0.314 e. The van der Waals surface area contributed by atoms with E-state index in [0.717, 1.165) is 4.47 Å². The van der Waals surface area contributed by atoms with Crippen molar-refractivity contribution in [2.45, 2.75) is 0 Å². The number of benzene rings is 2. The second kappa shape index (κ2) is 6.71. The summed E-state index contributed by atoms with van der Waals surface area (Å²) in [7, 11) is 0. The van der Waals surface area contributed by atoms with Crippen LogP contribution in [0, 0.1) is 0 Å². The lowest BCUT2D eigenvalue weighted by Gasteiger charge is -2.08. The lowest BCUT2D eigenvalue weighted by Crippen LogP contribution is -2.29. The molecule has 0 saturated carbocycles. The number of hydrogen-bond donors (Lipinski definition) is 3. The fourth-order valence-electron chi connectivity index (χ4n) is 2.10. The molecule has 0 aliphatic heterocycles. The zero-order valence-corrected chi connectivity index (χ0v) is 13.8. The van der Waals surface area contributed by atoms with Gasteiger partial charge in [0.05, 0.1) is 11.0 Å². The summed E-state index contributed by atoms with van der Waals surface area (Å²) in [5, 5.41) is 2.66. The van der Waals surface area contributed by atoms with E-state index < -0.39 is 11.1 Å². The minimum Gasteiger partial charge on any atom is -0.484 e. The molecule has 3 aromatic rings. The standard InChI is InChI=1S/C16H12BrN3O4/c17-9-2-1-3-11(6-9)24-8-14(21)18-10-4-5-12-13(7-10)20-16(23)15(22)19-12/h1-7H,8H2,(H,18,21)(H,19,22)(H,20,23). The lowest BCUT2D eigenvalue weighted by molar-refractivity contribution is -0.118.